The second kappa shape index (κ2) is 7.92. The predicted octanol–water partition coefficient (Wildman–Crippen LogP) is 4.37. The molecule has 1 saturated carbocycles. The van der Waals surface area contributed by atoms with Crippen molar-refractivity contribution in [3.8, 4) is 0 Å². The second-order valence-electron chi connectivity index (χ2n) is 12.1. The number of ketones is 1. The number of hydrogen-bond donors (Lipinski definition) is 3. The van der Waals surface area contributed by atoms with Gasteiger partial charge in [-0.05, 0) is 87.7 Å². The summed E-state index contributed by atoms with van der Waals surface area (Å²) in [6.45, 7) is 10.5. The number of hydrogen-bond acceptors (Lipinski definition) is 4. The summed E-state index contributed by atoms with van der Waals surface area (Å²) >= 11 is 0. The van der Waals surface area contributed by atoms with Gasteiger partial charge < -0.3 is 10.6 Å². The van der Waals surface area contributed by atoms with Crippen molar-refractivity contribution in [3.05, 3.63) is 11.3 Å². The molecule has 0 radical (unpaired) electrons. The Hall–Kier alpha value is -0.870. The molecule has 5 aliphatic rings. The molecule has 4 nitrogen and oxygen atoms in total. The van der Waals surface area contributed by atoms with E-state index in [2.05, 4.69) is 36.7 Å². The van der Waals surface area contributed by atoms with Crippen LogP contribution >= 0.6 is 0 Å². The van der Waals surface area contributed by atoms with E-state index in [4.69, 9.17) is 0 Å². The topological polar surface area (TPSA) is 53.2 Å². The fourth-order valence-corrected chi connectivity index (χ4v) is 8.15. The molecule has 4 unspecified atom stereocenters. The first-order valence-electron chi connectivity index (χ1n) is 12.9. The quantitative estimate of drug-likeness (QED) is 0.629. The van der Waals surface area contributed by atoms with E-state index < -0.39 is 0 Å². The van der Waals surface area contributed by atoms with E-state index in [0.29, 0.717) is 23.8 Å². The fraction of sp³-hybridized carbons (Fsp3) is 0.885. The molecule has 4 heteroatoms. The van der Waals surface area contributed by atoms with E-state index in [9.17, 15) is 4.79 Å². The Morgan fingerprint density at radius 2 is 1.67 bits per heavy atom. The second-order valence-corrected chi connectivity index (χ2v) is 12.1. The molecule has 0 spiro atoms. The van der Waals surface area contributed by atoms with E-state index in [1.165, 1.54) is 75.7 Å². The van der Waals surface area contributed by atoms with Crippen LogP contribution in [0.2, 0.25) is 0 Å². The Kier molecular flexibility index (Phi) is 5.54. The molecule has 3 aliphatic heterocycles. The third-order valence-electron chi connectivity index (χ3n) is 9.59. The molecule has 0 aromatic heterocycles. The summed E-state index contributed by atoms with van der Waals surface area (Å²) in [6.07, 6.45) is 12.7. The number of fused-ring (bicyclic) bond motifs is 1. The lowest BCUT2D eigenvalue weighted by Gasteiger charge is -2.57. The average Bonchev–Trinajstić information content (AvgIpc) is 2.73. The third-order valence-corrected chi connectivity index (χ3v) is 9.59. The molecule has 30 heavy (non-hydrogen) atoms. The van der Waals surface area contributed by atoms with Gasteiger partial charge >= 0.3 is 0 Å². The monoisotopic (exact) mass is 413 g/mol. The van der Waals surface area contributed by atoms with Crippen molar-refractivity contribution in [2.75, 3.05) is 19.6 Å². The van der Waals surface area contributed by atoms with Gasteiger partial charge in [0.05, 0.1) is 6.17 Å². The number of Topliss-reactive ketones (excluding diaryl/α,β-unsaturated/α-hetero) is 1. The lowest BCUT2D eigenvalue weighted by molar-refractivity contribution is -0.122. The Morgan fingerprint density at radius 1 is 0.867 bits per heavy atom. The first kappa shape index (κ1) is 21.0. The fourth-order valence-electron chi connectivity index (χ4n) is 8.15. The van der Waals surface area contributed by atoms with Gasteiger partial charge in [0.2, 0.25) is 0 Å². The standard InChI is InChI=1S/C26H43N3O/c1-25(2)15-21-23(22(30)16-25)26(3,20-8-5-11-28-24(20)29-21)19-7-4-6-18(14-19)17-9-12-27-13-10-17/h17-20,24,27-29H,4-16H2,1-3H3/t18?,19?,20?,24?,26-/m0/s1. The van der Waals surface area contributed by atoms with Crippen LogP contribution < -0.4 is 16.0 Å². The van der Waals surface area contributed by atoms with Gasteiger partial charge in [-0.3, -0.25) is 10.1 Å². The minimum atomic E-state index is 0.0395. The van der Waals surface area contributed by atoms with Crippen LogP contribution in [-0.2, 0) is 4.79 Å². The van der Waals surface area contributed by atoms with Crippen LogP contribution in [0.5, 0.6) is 0 Å². The van der Waals surface area contributed by atoms with Crippen molar-refractivity contribution >= 4 is 5.78 Å². The number of nitrogens with one attached hydrogen (secondary N) is 3. The molecule has 0 aromatic carbocycles. The van der Waals surface area contributed by atoms with Crippen molar-refractivity contribution < 1.29 is 4.79 Å². The average molecular weight is 414 g/mol. The molecule has 0 bridgehead atoms. The summed E-state index contributed by atoms with van der Waals surface area (Å²) < 4.78 is 0. The molecule has 3 fully saturated rings. The van der Waals surface area contributed by atoms with Gasteiger partial charge in [0.1, 0.15) is 0 Å². The third kappa shape index (κ3) is 3.56. The normalized spacial score (nSPS) is 42.3. The predicted molar refractivity (Wildman–Crippen MR) is 122 cm³/mol. The number of rotatable bonds is 2. The summed E-state index contributed by atoms with van der Waals surface area (Å²) in [4.78, 5) is 13.6. The zero-order chi connectivity index (χ0) is 20.9. The molecule has 5 atom stereocenters. The van der Waals surface area contributed by atoms with Crippen molar-refractivity contribution in [1.29, 1.82) is 0 Å². The molecule has 3 N–H and O–H groups in total. The van der Waals surface area contributed by atoms with Gasteiger partial charge in [0.15, 0.2) is 5.78 Å². The van der Waals surface area contributed by atoms with Gasteiger partial charge in [0.25, 0.3) is 0 Å². The van der Waals surface area contributed by atoms with Crippen LogP contribution in [0.15, 0.2) is 11.3 Å². The summed E-state index contributed by atoms with van der Waals surface area (Å²) in [5.74, 6) is 3.42. The highest BCUT2D eigenvalue weighted by Gasteiger charge is 2.56. The lowest BCUT2D eigenvalue weighted by Crippen LogP contribution is -2.63. The summed E-state index contributed by atoms with van der Waals surface area (Å²) in [5.41, 5.74) is 2.63. The number of carbonyl (C=O) groups is 1. The largest absolute Gasteiger partial charge is 0.373 e. The zero-order valence-electron chi connectivity index (χ0n) is 19.5. The molecule has 5 rings (SSSR count). The molecule has 168 valence electrons. The van der Waals surface area contributed by atoms with E-state index in [-0.39, 0.29) is 10.8 Å². The van der Waals surface area contributed by atoms with Gasteiger partial charge in [-0.1, -0.05) is 33.6 Å². The Balaban J connectivity index is 1.50. The summed E-state index contributed by atoms with van der Waals surface area (Å²) in [5, 5.41) is 11.2. The van der Waals surface area contributed by atoms with Crippen molar-refractivity contribution in [1.82, 2.24) is 16.0 Å². The molecule has 2 saturated heterocycles. The van der Waals surface area contributed by atoms with Crippen LogP contribution in [0.4, 0.5) is 0 Å². The molecule has 0 aromatic rings. The van der Waals surface area contributed by atoms with Crippen LogP contribution in [0, 0.1) is 34.5 Å². The molecule has 2 aliphatic carbocycles. The van der Waals surface area contributed by atoms with Crippen molar-refractivity contribution in [2.45, 2.75) is 91.1 Å². The smallest absolute Gasteiger partial charge is 0.161 e. The van der Waals surface area contributed by atoms with Crippen molar-refractivity contribution in [2.24, 2.45) is 34.5 Å². The molecular formula is C26H43N3O. The highest BCUT2D eigenvalue weighted by atomic mass is 16.1. The van der Waals surface area contributed by atoms with E-state index in [1.54, 1.807) is 0 Å². The van der Waals surface area contributed by atoms with E-state index >= 15 is 0 Å². The highest BCUT2D eigenvalue weighted by molar-refractivity contribution is 5.99. The summed E-state index contributed by atoms with van der Waals surface area (Å²) in [6, 6.07) is 0. The van der Waals surface area contributed by atoms with Gasteiger partial charge in [-0.2, -0.15) is 0 Å². The van der Waals surface area contributed by atoms with Gasteiger partial charge in [-0.15, -0.1) is 0 Å². The molecule has 0 amide bonds. The number of allylic oxidation sites excluding steroid dienone is 2. The van der Waals surface area contributed by atoms with Gasteiger partial charge in [-0.25, -0.2) is 0 Å². The van der Waals surface area contributed by atoms with Crippen molar-refractivity contribution in [3.63, 3.8) is 0 Å². The minimum absolute atomic E-state index is 0.0395. The van der Waals surface area contributed by atoms with Gasteiger partial charge in [0, 0.05) is 29.0 Å². The van der Waals surface area contributed by atoms with Crippen LogP contribution in [-0.4, -0.2) is 31.6 Å². The summed E-state index contributed by atoms with van der Waals surface area (Å²) in [7, 11) is 0. The SMILES string of the molecule is CC1(C)CC(=O)C2=C(C1)NC1NCCCC1[C@]2(C)C1CCCC(C2CCNCC2)C1. The maximum absolute atomic E-state index is 13.6. The number of carbonyl (C=O) groups excluding carboxylic acids is 1. The maximum atomic E-state index is 13.6. The first-order valence-corrected chi connectivity index (χ1v) is 12.9. The van der Waals surface area contributed by atoms with Crippen LogP contribution in [0.3, 0.4) is 0 Å². The Bertz CT molecular complexity index is 707. The van der Waals surface area contributed by atoms with E-state index in [0.717, 1.165) is 31.2 Å². The minimum Gasteiger partial charge on any atom is -0.373 e. The first-order chi connectivity index (χ1) is 14.4. The Morgan fingerprint density at radius 3 is 2.47 bits per heavy atom. The van der Waals surface area contributed by atoms with E-state index in [1.807, 2.05) is 0 Å². The maximum Gasteiger partial charge on any atom is 0.161 e. The molecular weight excluding hydrogens is 370 g/mol. The van der Waals surface area contributed by atoms with Crippen LogP contribution in [0.1, 0.15) is 85.0 Å². The highest BCUT2D eigenvalue weighted by Crippen LogP contribution is 2.58. The Labute approximate surface area is 183 Å². The lowest BCUT2D eigenvalue weighted by atomic mass is 9.51. The number of piperidine rings is 2. The zero-order valence-corrected chi connectivity index (χ0v) is 19.5. The van der Waals surface area contributed by atoms with Crippen LogP contribution in [0.25, 0.3) is 0 Å². The molecule has 3 heterocycles.